The Balaban J connectivity index is 2.48. The fourth-order valence-corrected chi connectivity index (χ4v) is 1.61. The summed E-state index contributed by atoms with van der Waals surface area (Å²) in [6.07, 6.45) is 3.58. The first kappa shape index (κ1) is 7.73. The smallest absolute Gasteiger partial charge is 0.192 e. The Morgan fingerprint density at radius 3 is 3.00 bits per heavy atom. The van der Waals surface area contributed by atoms with E-state index in [4.69, 9.17) is 4.74 Å². The Labute approximate surface area is 76.5 Å². The average molecular weight is 231 g/mol. The van der Waals surface area contributed by atoms with Crippen LogP contribution < -0.4 is 0 Å². The second-order valence-electron chi connectivity index (χ2n) is 2.48. The molecule has 1 aliphatic heterocycles. The van der Waals surface area contributed by atoms with Gasteiger partial charge in [0, 0.05) is 11.6 Å². The molecule has 1 aliphatic carbocycles. The quantitative estimate of drug-likeness (QED) is 0.596. The van der Waals surface area contributed by atoms with Crippen molar-refractivity contribution in [1.82, 2.24) is 0 Å². The number of carbonyl (C=O) groups is 1. The van der Waals surface area contributed by atoms with Crippen LogP contribution in [0.1, 0.15) is 0 Å². The largest absolute Gasteiger partial charge is 0.481 e. The zero-order chi connectivity index (χ0) is 8.72. The van der Waals surface area contributed by atoms with Crippen LogP contribution in [0.25, 0.3) is 0 Å². The first-order valence-electron chi connectivity index (χ1n) is 3.31. The van der Waals surface area contributed by atoms with Crippen LogP contribution >= 0.6 is 15.9 Å². The number of rotatable bonds is 0. The van der Waals surface area contributed by atoms with Crippen molar-refractivity contribution in [3.63, 3.8) is 0 Å². The molecule has 0 spiro atoms. The summed E-state index contributed by atoms with van der Waals surface area (Å²) in [5, 5.41) is -0.393. The fourth-order valence-electron chi connectivity index (χ4n) is 1.13. The molecular weight excluding hydrogens is 227 g/mol. The second kappa shape index (κ2) is 2.55. The molecule has 0 saturated carbocycles. The van der Waals surface area contributed by atoms with Crippen molar-refractivity contribution in [2.24, 2.45) is 0 Å². The summed E-state index contributed by atoms with van der Waals surface area (Å²) in [5.41, 5.74) is 0.985. The van der Waals surface area contributed by atoms with Gasteiger partial charge in [-0.3, -0.25) is 4.79 Å². The van der Waals surface area contributed by atoms with Crippen LogP contribution in [0.4, 0.5) is 4.39 Å². The maximum Gasteiger partial charge on any atom is 0.192 e. The number of ether oxygens (including phenoxy) is 1. The van der Waals surface area contributed by atoms with Gasteiger partial charge in [-0.2, -0.15) is 0 Å². The lowest BCUT2D eigenvalue weighted by Gasteiger charge is -2.07. The van der Waals surface area contributed by atoms with E-state index in [0.29, 0.717) is 11.1 Å². The van der Waals surface area contributed by atoms with Gasteiger partial charge in [0.1, 0.15) is 5.83 Å². The number of hydrogen-bond donors (Lipinski definition) is 0. The molecule has 0 amide bonds. The molecule has 0 N–H and O–H groups in total. The summed E-state index contributed by atoms with van der Waals surface area (Å²) in [6, 6.07) is 0. The lowest BCUT2D eigenvalue weighted by Crippen LogP contribution is -2.08. The minimum Gasteiger partial charge on any atom is -0.481 e. The lowest BCUT2D eigenvalue weighted by molar-refractivity contribution is -0.111. The second-order valence-corrected chi connectivity index (χ2v) is 3.31. The third kappa shape index (κ3) is 1.03. The van der Waals surface area contributed by atoms with Gasteiger partial charge in [0.15, 0.2) is 10.8 Å². The van der Waals surface area contributed by atoms with Gasteiger partial charge in [0.25, 0.3) is 0 Å². The van der Waals surface area contributed by atoms with Crippen molar-refractivity contribution in [2.75, 3.05) is 0 Å². The minimum absolute atomic E-state index is 0.341. The van der Waals surface area contributed by atoms with E-state index in [1.807, 2.05) is 0 Å². The van der Waals surface area contributed by atoms with Gasteiger partial charge in [-0.15, -0.1) is 0 Å². The zero-order valence-electron chi connectivity index (χ0n) is 5.88. The van der Waals surface area contributed by atoms with Crippen LogP contribution in [0, 0.1) is 0 Å². The normalized spacial score (nSPS) is 27.0. The Morgan fingerprint density at radius 1 is 1.50 bits per heavy atom. The number of halogens is 2. The standard InChI is InChI=1S/C8H4BrFO2/c9-8-5-1-4(10)2-7(11)6(5)3-12-8/h1-3,8H. The highest BCUT2D eigenvalue weighted by atomic mass is 79.9. The van der Waals surface area contributed by atoms with Gasteiger partial charge in [-0.05, 0) is 22.0 Å². The Kier molecular flexibility index (Phi) is 1.65. The highest BCUT2D eigenvalue weighted by Gasteiger charge is 2.29. The van der Waals surface area contributed by atoms with E-state index >= 15 is 0 Å². The van der Waals surface area contributed by atoms with Crippen LogP contribution in [-0.2, 0) is 9.53 Å². The molecule has 4 heteroatoms. The van der Waals surface area contributed by atoms with Gasteiger partial charge in [-0.1, -0.05) is 0 Å². The maximum atomic E-state index is 12.7. The number of fused-ring (bicyclic) bond motifs is 1. The molecule has 2 rings (SSSR count). The molecule has 0 aromatic carbocycles. The van der Waals surface area contributed by atoms with Gasteiger partial charge < -0.3 is 4.74 Å². The minimum atomic E-state index is -0.526. The van der Waals surface area contributed by atoms with Gasteiger partial charge >= 0.3 is 0 Å². The van der Waals surface area contributed by atoms with Crippen LogP contribution in [0.15, 0.2) is 35.4 Å². The van der Waals surface area contributed by atoms with E-state index in [1.54, 1.807) is 0 Å². The van der Waals surface area contributed by atoms with E-state index in [0.717, 1.165) is 6.08 Å². The van der Waals surface area contributed by atoms with E-state index in [1.165, 1.54) is 12.3 Å². The van der Waals surface area contributed by atoms with Gasteiger partial charge in [0.05, 0.1) is 11.8 Å². The van der Waals surface area contributed by atoms with Crippen molar-refractivity contribution < 1.29 is 13.9 Å². The summed E-state index contributed by atoms with van der Waals surface area (Å²) in [7, 11) is 0. The summed E-state index contributed by atoms with van der Waals surface area (Å²) < 4.78 is 17.7. The summed E-state index contributed by atoms with van der Waals surface area (Å²) in [6.45, 7) is 0. The number of hydrogen-bond acceptors (Lipinski definition) is 2. The Bertz CT molecular complexity index is 341. The summed E-state index contributed by atoms with van der Waals surface area (Å²) >= 11 is 3.15. The van der Waals surface area contributed by atoms with Crippen LogP contribution in [-0.4, -0.2) is 10.8 Å². The zero-order valence-corrected chi connectivity index (χ0v) is 7.47. The summed E-state index contributed by atoms with van der Waals surface area (Å²) in [4.78, 5) is 11.1. The van der Waals surface area contributed by atoms with Gasteiger partial charge in [0.2, 0.25) is 0 Å². The molecule has 0 aromatic heterocycles. The number of carbonyl (C=O) groups excluding carboxylic acids is 1. The van der Waals surface area contributed by atoms with Gasteiger partial charge in [-0.25, -0.2) is 4.39 Å². The molecule has 1 atom stereocenters. The molecule has 0 bridgehead atoms. The highest BCUT2D eigenvalue weighted by Crippen LogP contribution is 2.33. The fraction of sp³-hybridized carbons (Fsp3) is 0.125. The third-order valence-electron chi connectivity index (χ3n) is 1.69. The molecule has 0 fully saturated rings. The Hall–Kier alpha value is -0.900. The van der Waals surface area contributed by atoms with E-state index in [-0.39, 0.29) is 5.78 Å². The highest BCUT2D eigenvalue weighted by molar-refractivity contribution is 9.09. The summed E-state index contributed by atoms with van der Waals surface area (Å²) in [5.74, 6) is -0.867. The number of allylic oxidation sites excluding steroid dienone is 3. The van der Waals surface area contributed by atoms with Crippen molar-refractivity contribution in [2.45, 2.75) is 5.01 Å². The van der Waals surface area contributed by atoms with Crippen LogP contribution in [0.5, 0.6) is 0 Å². The molecule has 1 unspecified atom stereocenters. The lowest BCUT2D eigenvalue weighted by atomic mass is 10.00. The topological polar surface area (TPSA) is 26.3 Å². The molecule has 2 aliphatic rings. The monoisotopic (exact) mass is 230 g/mol. The van der Waals surface area contributed by atoms with E-state index in [9.17, 15) is 9.18 Å². The van der Waals surface area contributed by atoms with Crippen molar-refractivity contribution in [1.29, 1.82) is 0 Å². The molecule has 0 aromatic rings. The predicted octanol–water partition coefficient (Wildman–Crippen LogP) is 1.98. The molecule has 2 nitrogen and oxygen atoms in total. The molecular formula is C8H4BrFO2. The Morgan fingerprint density at radius 2 is 2.25 bits per heavy atom. The van der Waals surface area contributed by atoms with Crippen molar-refractivity contribution >= 4 is 21.7 Å². The van der Waals surface area contributed by atoms with Crippen LogP contribution in [0.2, 0.25) is 0 Å². The molecule has 12 heavy (non-hydrogen) atoms. The predicted molar refractivity (Wildman–Crippen MR) is 44.2 cm³/mol. The van der Waals surface area contributed by atoms with Crippen LogP contribution in [0.3, 0.4) is 0 Å². The first-order valence-corrected chi connectivity index (χ1v) is 4.23. The van der Waals surface area contributed by atoms with E-state index < -0.39 is 10.8 Å². The third-order valence-corrected chi connectivity index (χ3v) is 2.40. The van der Waals surface area contributed by atoms with Crippen molar-refractivity contribution in [3.8, 4) is 0 Å². The molecule has 0 saturated heterocycles. The number of alkyl halides is 1. The molecule has 0 radical (unpaired) electrons. The first-order chi connectivity index (χ1) is 5.68. The SMILES string of the molecule is O=C1C=C(F)C=C2C1=COC2Br. The maximum absolute atomic E-state index is 12.7. The van der Waals surface area contributed by atoms with E-state index in [2.05, 4.69) is 15.9 Å². The van der Waals surface area contributed by atoms with Crippen molar-refractivity contribution in [3.05, 3.63) is 35.4 Å². The average Bonchev–Trinajstić information content (AvgIpc) is 2.33. The number of ketones is 1. The molecule has 1 heterocycles. The molecule has 62 valence electrons.